The number of pyridine rings is 1. The monoisotopic (exact) mass is 217 g/mol. The van der Waals surface area contributed by atoms with Gasteiger partial charge in [-0.2, -0.15) is 0 Å². The van der Waals surface area contributed by atoms with E-state index in [0.717, 1.165) is 17.1 Å². The molecule has 0 saturated carbocycles. The summed E-state index contributed by atoms with van der Waals surface area (Å²) in [5.74, 6) is 0.912. The van der Waals surface area contributed by atoms with Crippen molar-refractivity contribution in [3.05, 3.63) is 42.6 Å². The summed E-state index contributed by atoms with van der Waals surface area (Å²) in [5.41, 5.74) is 1.95. The summed E-state index contributed by atoms with van der Waals surface area (Å²) in [5, 5.41) is 6.37. The largest absolute Gasteiger partial charge is 0.467 e. The minimum absolute atomic E-state index is 0.129. The van der Waals surface area contributed by atoms with Gasteiger partial charge in [0.25, 0.3) is 0 Å². The quantitative estimate of drug-likeness (QED) is 0.826. The van der Waals surface area contributed by atoms with E-state index in [1.165, 1.54) is 0 Å². The van der Waals surface area contributed by atoms with E-state index in [0.29, 0.717) is 0 Å². The van der Waals surface area contributed by atoms with Crippen molar-refractivity contribution in [3.63, 3.8) is 0 Å². The van der Waals surface area contributed by atoms with Gasteiger partial charge in [-0.3, -0.25) is 4.98 Å². The molecule has 0 aromatic carbocycles. The lowest BCUT2D eigenvalue weighted by atomic mass is 10.2. The first-order chi connectivity index (χ1) is 7.79. The topological polar surface area (TPSA) is 50.1 Å². The molecule has 1 atom stereocenters. The molecule has 0 amide bonds. The molecule has 2 aromatic heterocycles. The third-order valence-corrected chi connectivity index (χ3v) is 2.38. The van der Waals surface area contributed by atoms with Crippen LogP contribution < -0.4 is 10.6 Å². The standard InChI is InChI=1S/C12H15N3O/c1-9(12-4-3-5-16-12)15-11-6-10(13-2)7-14-8-11/h3-9,13,15H,1-2H3. The lowest BCUT2D eigenvalue weighted by Crippen LogP contribution is -2.06. The Bertz CT molecular complexity index is 439. The van der Waals surface area contributed by atoms with Crippen molar-refractivity contribution >= 4 is 11.4 Å². The van der Waals surface area contributed by atoms with Gasteiger partial charge in [0, 0.05) is 7.05 Å². The van der Waals surface area contributed by atoms with Gasteiger partial charge in [-0.25, -0.2) is 0 Å². The normalized spacial score (nSPS) is 12.1. The first-order valence-corrected chi connectivity index (χ1v) is 5.22. The summed E-state index contributed by atoms with van der Waals surface area (Å²) in [6.45, 7) is 2.05. The van der Waals surface area contributed by atoms with Crippen molar-refractivity contribution in [2.24, 2.45) is 0 Å². The second-order valence-electron chi connectivity index (χ2n) is 3.59. The van der Waals surface area contributed by atoms with Crippen LogP contribution >= 0.6 is 0 Å². The molecule has 2 heterocycles. The molecule has 2 aromatic rings. The molecule has 0 spiro atoms. The number of rotatable bonds is 4. The third-order valence-electron chi connectivity index (χ3n) is 2.38. The van der Waals surface area contributed by atoms with E-state index in [4.69, 9.17) is 4.42 Å². The van der Waals surface area contributed by atoms with Gasteiger partial charge in [-0.15, -0.1) is 0 Å². The van der Waals surface area contributed by atoms with E-state index in [2.05, 4.69) is 15.6 Å². The Morgan fingerprint density at radius 1 is 1.31 bits per heavy atom. The average Bonchev–Trinajstić information content (AvgIpc) is 2.83. The number of nitrogens with zero attached hydrogens (tertiary/aromatic N) is 1. The van der Waals surface area contributed by atoms with Crippen LogP contribution in [0.1, 0.15) is 18.7 Å². The molecule has 0 radical (unpaired) electrons. The molecule has 0 bridgehead atoms. The predicted octanol–water partition coefficient (Wildman–Crippen LogP) is 2.89. The minimum Gasteiger partial charge on any atom is -0.467 e. The van der Waals surface area contributed by atoms with E-state index < -0.39 is 0 Å². The van der Waals surface area contributed by atoms with Crippen LogP contribution in [0.2, 0.25) is 0 Å². The maximum atomic E-state index is 5.33. The van der Waals surface area contributed by atoms with Crippen LogP contribution in [0, 0.1) is 0 Å². The summed E-state index contributed by atoms with van der Waals surface area (Å²) in [4.78, 5) is 4.13. The SMILES string of the molecule is CNc1cncc(NC(C)c2ccco2)c1. The maximum absolute atomic E-state index is 5.33. The van der Waals surface area contributed by atoms with Crippen LogP contribution in [0.3, 0.4) is 0 Å². The zero-order chi connectivity index (χ0) is 11.4. The number of nitrogens with one attached hydrogen (secondary N) is 2. The van der Waals surface area contributed by atoms with Crippen molar-refractivity contribution < 1.29 is 4.42 Å². The maximum Gasteiger partial charge on any atom is 0.125 e. The summed E-state index contributed by atoms with van der Waals surface area (Å²) < 4.78 is 5.33. The van der Waals surface area contributed by atoms with Crippen molar-refractivity contribution in [2.75, 3.05) is 17.7 Å². The molecular formula is C12H15N3O. The van der Waals surface area contributed by atoms with Gasteiger partial charge >= 0.3 is 0 Å². The van der Waals surface area contributed by atoms with E-state index in [1.807, 2.05) is 32.2 Å². The van der Waals surface area contributed by atoms with E-state index >= 15 is 0 Å². The number of furan rings is 1. The molecule has 84 valence electrons. The van der Waals surface area contributed by atoms with Crippen LogP contribution in [0.15, 0.2) is 41.3 Å². The van der Waals surface area contributed by atoms with Gasteiger partial charge in [0.15, 0.2) is 0 Å². The Morgan fingerprint density at radius 3 is 2.81 bits per heavy atom. The molecule has 0 aliphatic heterocycles. The smallest absolute Gasteiger partial charge is 0.125 e. The number of hydrogen-bond acceptors (Lipinski definition) is 4. The van der Waals surface area contributed by atoms with E-state index in [-0.39, 0.29) is 6.04 Å². The van der Waals surface area contributed by atoms with Gasteiger partial charge < -0.3 is 15.1 Å². The highest BCUT2D eigenvalue weighted by molar-refractivity contribution is 5.54. The Kier molecular flexibility index (Phi) is 3.10. The highest BCUT2D eigenvalue weighted by Gasteiger charge is 2.07. The van der Waals surface area contributed by atoms with Gasteiger partial charge in [0.1, 0.15) is 5.76 Å². The summed E-state index contributed by atoms with van der Waals surface area (Å²) in [6.07, 6.45) is 5.25. The van der Waals surface area contributed by atoms with Gasteiger partial charge in [0.2, 0.25) is 0 Å². The molecule has 16 heavy (non-hydrogen) atoms. The highest BCUT2D eigenvalue weighted by atomic mass is 16.3. The Hall–Kier alpha value is -1.97. The summed E-state index contributed by atoms with van der Waals surface area (Å²) >= 11 is 0. The second kappa shape index (κ2) is 4.70. The molecule has 2 N–H and O–H groups in total. The lowest BCUT2D eigenvalue weighted by molar-refractivity contribution is 0.490. The average molecular weight is 217 g/mol. The van der Waals surface area contributed by atoms with E-state index in [9.17, 15) is 0 Å². The molecular weight excluding hydrogens is 202 g/mol. The molecule has 0 saturated heterocycles. The second-order valence-corrected chi connectivity index (χ2v) is 3.59. The number of hydrogen-bond donors (Lipinski definition) is 2. The van der Waals surface area contributed by atoms with Gasteiger partial charge in [-0.05, 0) is 25.1 Å². The highest BCUT2D eigenvalue weighted by Crippen LogP contribution is 2.20. The van der Waals surface area contributed by atoms with Crippen molar-refractivity contribution in [1.29, 1.82) is 0 Å². The van der Waals surface area contributed by atoms with Gasteiger partial charge in [-0.1, -0.05) is 0 Å². The zero-order valence-electron chi connectivity index (χ0n) is 9.40. The minimum atomic E-state index is 0.129. The Labute approximate surface area is 94.7 Å². The number of anilines is 2. The first kappa shape index (κ1) is 10.5. The molecule has 0 fully saturated rings. The van der Waals surface area contributed by atoms with Crippen LogP contribution in [0.5, 0.6) is 0 Å². The fourth-order valence-electron chi connectivity index (χ4n) is 1.51. The van der Waals surface area contributed by atoms with Crippen molar-refractivity contribution in [3.8, 4) is 0 Å². The van der Waals surface area contributed by atoms with Crippen LogP contribution in [0.4, 0.5) is 11.4 Å². The first-order valence-electron chi connectivity index (χ1n) is 5.22. The summed E-state index contributed by atoms with van der Waals surface area (Å²) in [6, 6.07) is 5.97. The lowest BCUT2D eigenvalue weighted by Gasteiger charge is -2.13. The van der Waals surface area contributed by atoms with Crippen molar-refractivity contribution in [2.45, 2.75) is 13.0 Å². The fraction of sp³-hybridized carbons (Fsp3) is 0.250. The van der Waals surface area contributed by atoms with Crippen LogP contribution in [-0.2, 0) is 0 Å². The Morgan fingerprint density at radius 2 is 2.12 bits per heavy atom. The zero-order valence-corrected chi connectivity index (χ0v) is 9.40. The number of aromatic nitrogens is 1. The molecule has 0 aliphatic rings. The molecule has 1 unspecified atom stereocenters. The summed E-state index contributed by atoms with van der Waals surface area (Å²) in [7, 11) is 1.87. The van der Waals surface area contributed by atoms with Crippen LogP contribution in [0.25, 0.3) is 0 Å². The van der Waals surface area contributed by atoms with Crippen LogP contribution in [-0.4, -0.2) is 12.0 Å². The predicted molar refractivity (Wildman–Crippen MR) is 64.5 cm³/mol. The molecule has 0 aliphatic carbocycles. The Balaban J connectivity index is 2.08. The third kappa shape index (κ3) is 2.34. The molecule has 4 heteroatoms. The fourth-order valence-corrected chi connectivity index (χ4v) is 1.51. The van der Waals surface area contributed by atoms with Crippen molar-refractivity contribution in [1.82, 2.24) is 4.98 Å². The molecule has 2 rings (SSSR count). The van der Waals surface area contributed by atoms with Gasteiger partial charge in [0.05, 0.1) is 36.1 Å². The molecule has 4 nitrogen and oxygen atoms in total. The van der Waals surface area contributed by atoms with E-state index in [1.54, 1.807) is 18.7 Å².